The van der Waals surface area contributed by atoms with Crippen molar-refractivity contribution in [1.82, 2.24) is 4.90 Å². The van der Waals surface area contributed by atoms with Gasteiger partial charge >= 0.3 is 0 Å². The van der Waals surface area contributed by atoms with Gasteiger partial charge in [0.2, 0.25) is 11.8 Å². The molecule has 150 valence electrons. The summed E-state index contributed by atoms with van der Waals surface area (Å²) in [7, 11) is -2.27. The molecule has 1 N–H and O–H groups in total. The monoisotopic (exact) mass is 406 g/mol. The van der Waals surface area contributed by atoms with Crippen LogP contribution in [0.2, 0.25) is 0 Å². The van der Waals surface area contributed by atoms with Crippen LogP contribution in [0.4, 0.5) is 10.1 Å². The Morgan fingerprint density at radius 2 is 1.71 bits per heavy atom. The third-order valence-electron chi connectivity index (χ3n) is 4.44. The highest BCUT2D eigenvalue weighted by Gasteiger charge is 2.19. The first-order valence-corrected chi connectivity index (χ1v) is 10.3. The number of sulfone groups is 1. The summed E-state index contributed by atoms with van der Waals surface area (Å²) >= 11 is 0. The number of carbonyl (C=O) groups excluding carboxylic acids is 2. The number of aryl methyl sites for hydroxylation is 1. The first-order valence-electron chi connectivity index (χ1n) is 8.68. The molecule has 0 unspecified atom stereocenters. The van der Waals surface area contributed by atoms with E-state index in [1.54, 1.807) is 6.07 Å². The summed E-state index contributed by atoms with van der Waals surface area (Å²) in [6.07, 6.45) is -0.271. The van der Waals surface area contributed by atoms with Crippen LogP contribution in [0.15, 0.2) is 47.4 Å². The van der Waals surface area contributed by atoms with Crippen molar-refractivity contribution in [1.29, 1.82) is 0 Å². The smallest absolute Gasteiger partial charge is 0.243 e. The van der Waals surface area contributed by atoms with Crippen LogP contribution < -0.4 is 5.32 Å². The van der Waals surface area contributed by atoms with Crippen molar-refractivity contribution in [3.63, 3.8) is 0 Å². The number of amides is 2. The number of nitrogens with zero attached hydrogens (tertiary/aromatic N) is 1. The van der Waals surface area contributed by atoms with Gasteiger partial charge in [-0.1, -0.05) is 12.1 Å². The van der Waals surface area contributed by atoms with E-state index in [1.165, 1.54) is 11.9 Å². The zero-order chi connectivity index (χ0) is 20.9. The van der Waals surface area contributed by atoms with Crippen LogP contribution in [0.25, 0.3) is 0 Å². The van der Waals surface area contributed by atoms with Crippen LogP contribution in [0.5, 0.6) is 0 Å². The predicted molar refractivity (Wildman–Crippen MR) is 105 cm³/mol. The third-order valence-corrected chi connectivity index (χ3v) is 6.17. The molecule has 0 saturated heterocycles. The SMILES string of the molecule is Cc1cccc(NC(=O)CN(C)C(=O)CCS(=O)(=O)c2ccc(F)cc2)c1C. The van der Waals surface area contributed by atoms with E-state index >= 15 is 0 Å². The standard InChI is InChI=1S/C20H23FN2O4S/c1-14-5-4-6-18(15(14)2)22-19(24)13-23(3)20(25)11-12-28(26,27)17-9-7-16(21)8-10-17/h4-10H,11-13H2,1-3H3,(H,22,24). The lowest BCUT2D eigenvalue weighted by atomic mass is 10.1. The molecule has 28 heavy (non-hydrogen) atoms. The maximum absolute atomic E-state index is 12.9. The highest BCUT2D eigenvalue weighted by atomic mass is 32.2. The minimum Gasteiger partial charge on any atom is -0.336 e. The first-order chi connectivity index (χ1) is 13.1. The molecule has 6 nitrogen and oxygen atoms in total. The Hall–Kier alpha value is -2.74. The number of rotatable bonds is 7. The van der Waals surface area contributed by atoms with Crippen LogP contribution in [-0.4, -0.2) is 44.5 Å². The number of anilines is 1. The zero-order valence-electron chi connectivity index (χ0n) is 16.0. The molecule has 0 radical (unpaired) electrons. The van der Waals surface area contributed by atoms with Crippen LogP contribution >= 0.6 is 0 Å². The fraction of sp³-hybridized carbons (Fsp3) is 0.300. The molecule has 2 amide bonds. The molecule has 0 spiro atoms. The Labute approximate surface area is 164 Å². The molecule has 0 aliphatic carbocycles. The molecule has 0 aromatic heterocycles. The van der Waals surface area contributed by atoms with Crippen molar-refractivity contribution in [3.05, 3.63) is 59.4 Å². The normalized spacial score (nSPS) is 11.1. The van der Waals surface area contributed by atoms with Gasteiger partial charge in [-0.15, -0.1) is 0 Å². The summed E-state index contributed by atoms with van der Waals surface area (Å²) in [5, 5.41) is 2.75. The van der Waals surface area contributed by atoms with Gasteiger partial charge < -0.3 is 10.2 Å². The molecule has 2 aromatic rings. The Bertz CT molecular complexity index is 972. The average molecular weight is 406 g/mol. The Balaban J connectivity index is 1.90. The summed E-state index contributed by atoms with van der Waals surface area (Å²) in [6.45, 7) is 3.63. The summed E-state index contributed by atoms with van der Waals surface area (Å²) in [6, 6.07) is 9.97. The molecule has 0 heterocycles. The van der Waals surface area contributed by atoms with Crippen molar-refractivity contribution >= 4 is 27.3 Å². The minimum atomic E-state index is -3.71. The van der Waals surface area contributed by atoms with Gasteiger partial charge in [0.15, 0.2) is 9.84 Å². The summed E-state index contributed by atoms with van der Waals surface area (Å²) in [4.78, 5) is 25.5. The van der Waals surface area contributed by atoms with Crippen molar-refractivity contribution in [2.24, 2.45) is 0 Å². The van der Waals surface area contributed by atoms with E-state index in [1.807, 2.05) is 26.0 Å². The quantitative estimate of drug-likeness (QED) is 0.717. The van der Waals surface area contributed by atoms with Gasteiger partial charge in [0.05, 0.1) is 17.2 Å². The minimum absolute atomic E-state index is 0.0444. The Morgan fingerprint density at radius 1 is 1.07 bits per heavy atom. The highest BCUT2D eigenvalue weighted by molar-refractivity contribution is 7.91. The molecular weight excluding hydrogens is 383 g/mol. The summed E-state index contributed by atoms with van der Waals surface area (Å²) in [5.74, 6) is -1.79. The average Bonchev–Trinajstić information content (AvgIpc) is 2.64. The molecule has 0 fully saturated rings. The molecular formula is C20H23FN2O4S. The number of nitrogens with one attached hydrogen (secondary N) is 1. The number of hydrogen-bond acceptors (Lipinski definition) is 4. The van der Waals surface area contributed by atoms with Gasteiger partial charge in [0, 0.05) is 19.2 Å². The topological polar surface area (TPSA) is 83.6 Å². The molecule has 0 atom stereocenters. The second kappa shape index (κ2) is 8.97. The molecule has 2 aromatic carbocycles. The number of hydrogen-bond donors (Lipinski definition) is 1. The molecule has 0 bridgehead atoms. The van der Waals surface area contributed by atoms with Crippen molar-refractivity contribution in [2.75, 3.05) is 24.7 Å². The lowest BCUT2D eigenvalue weighted by molar-refractivity contribution is -0.132. The molecule has 2 rings (SSSR count). The Kier molecular flexibility index (Phi) is 6.90. The molecule has 0 aliphatic heterocycles. The highest BCUT2D eigenvalue weighted by Crippen LogP contribution is 2.18. The van der Waals surface area contributed by atoms with E-state index in [2.05, 4.69) is 5.32 Å². The zero-order valence-corrected chi connectivity index (χ0v) is 16.8. The fourth-order valence-electron chi connectivity index (χ4n) is 2.55. The maximum Gasteiger partial charge on any atom is 0.243 e. The lowest BCUT2D eigenvalue weighted by Gasteiger charge is -2.18. The van der Waals surface area contributed by atoms with Crippen molar-refractivity contribution < 1.29 is 22.4 Å². The van der Waals surface area contributed by atoms with Crippen LogP contribution in [-0.2, 0) is 19.4 Å². The van der Waals surface area contributed by atoms with Crippen molar-refractivity contribution in [3.8, 4) is 0 Å². The van der Waals surface area contributed by atoms with Gasteiger partial charge in [-0.05, 0) is 55.3 Å². The van der Waals surface area contributed by atoms with E-state index in [4.69, 9.17) is 0 Å². The molecule has 0 saturated carbocycles. The van der Waals surface area contributed by atoms with Gasteiger partial charge in [0.1, 0.15) is 5.82 Å². The van der Waals surface area contributed by atoms with E-state index in [-0.39, 0.29) is 23.8 Å². The Morgan fingerprint density at radius 3 is 2.36 bits per heavy atom. The van der Waals surface area contributed by atoms with E-state index in [0.717, 1.165) is 35.4 Å². The molecule has 8 heteroatoms. The van der Waals surface area contributed by atoms with Gasteiger partial charge in [0.25, 0.3) is 0 Å². The van der Waals surface area contributed by atoms with Crippen LogP contribution in [0.1, 0.15) is 17.5 Å². The van der Waals surface area contributed by atoms with Crippen molar-refractivity contribution in [2.45, 2.75) is 25.2 Å². The van der Waals surface area contributed by atoms with Crippen LogP contribution in [0.3, 0.4) is 0 Å². The number of likely N-dealkylation sites (N-methyl/N-ethyl adjacent to an activating group) is 1. The predicted octanol–water partition coefficient (Wildman–Crippen LogP) is 2.70. The number of carbonyl (C=O) groups is 2. The summed E-state index contributed by atoms with van der Waals surface area (Å²) in [5.41, 5.74) is 2.65. The second-order valence-electron chi connectivity index (χ2n) is 6.57. The van der Waals surface area contributed by atoms with Gasteiger partial charge in [-0.2, -0.15) is 0 Å². The number of benzene rings is 2. The van der Waals surface area contributed by atoms with E-state index < -0.39 is 27.3 Å². The van der Waals surface area contributed by atoms with Gasteiger partial charge in [-0.25, -0.2) is 12.8 Å². The first kappa shape index (κ1) is 21.6. The van der Waals surface area contributed by atoms with Crippen LogP contribution in [0, 0.1) is 19.7 Å². The number of halogens is 1. The summed E-state index contributed by atoms with van der Waals surface area (Å²) < 4.78 is 37.4. The second-order valence-corrected chi connectivity index (χ2v) is 8.68. The molecule has 0 aliphatic rings. The lowest BCUT2D eigenvalue weighted by Crippen LogP contribution is -2.35. The van der Waals surface area contributed by atoms with Gasteiger partial charge in [-0.3, -0.25) is 9.59 Å². The maximum atomic E-state index is 12.9. The third kappa shape index (κ3) is 5.63. The van der Waals surface area contributed by atoms with E-state index in [0.29, 0.717) is 5.69 Å². The van der Waals surface area contributed by atoms with E-state index in [9.17, 15) is 22.4 Å². The largest absolute Gasteiger partial charge is 0.336 e. The fourth-order valence-corrected chi connectivity index (χ4v) is 3.78.